The highest BCUT2D eigenvalue weighted by Gasteiger charge is 2.26. The summed E-state index contributed by atoms with van der Waals surface area (Å²) >= 11 is 0. The van der Waals surface area contributed by atoms with Crippen molar-refractivity contribution in [2.75, 3.05) is 0 Å². The van der Waals surface area contributed by atoms with E-state index < -0.39 is 24.1 Å². The second-order valence-corrected chi connectivity index (χ2v) is 5.75. The van der Waals surface area contributed by atoms with Gasteiger partial charge in [0.15, 0.2) is 6.10 Å². The fraction of sp³-hybridized carbons (Fsp3) is 0.263. The molecule has 6 heteroatoms. The number of carbonyl (C=O) groups is 2. The maximum Gasteiger partial charge on any atom is 0.344 e. The smallest absolute Gasteiger partial charge is 0.344 e. The van der Waals surface area contributed by atoms with E-state index >= 15 is 0 Å². The molecular weight excluding hydrogens is 322 g/mol. The zero-order chi connectivity index (χ0) is 18.2. The summed E-state index contributed by atoms with van der Waals surface area (Å²) in [6, 6.07) is 15.9. The molecule has 2 unspecified atom stereocenters. The van der Waals surface area contributed by atoms with Crippen LogP contribution in [0.1, 0.15) is 17.5 Å². The predicted molar refractivity (Wildman–Crippen MR) is 92.6 cm³/mol. The molecule has 0 aliphatic heterocycles. The number of aliphatic carboxylic acids is 2. The van der Waals surface area contributed by atoms with Crippen molar-refractivity contribution < 1.29 is 24.5 Å². The molecule has 4 N–H and O–H groups in total. The van der Waals surface area contributed by atoms with E-state index in [4.69, 9.17) is 20.7 Å². The van der Waals surface area contributed by atoms with Crippen molar-refractivity contribution in [3.8, 4) is 5.75 Å². The first kappa shape index (κ1) is 18.5. The van der Waals surface area contributed by atoms with Crippen LogP contribution < -0.4 is 10.5 Å². The number of hydrogen-bond donors (Lipinski definition) is 3. The van der Waals surface area contributed by atoms with Crippen LogP contribution in [0.5, 0.6) is 5.75 Å². The van der Waals surface area contributed by atoms with Crippen LogP contribution >= 0.6 is 0 Å². The van der Waals surface area contributed by atoms with Gasteiger partial charge in [-0.15, -0.1) is 0 Å². The molecular formula is C19H21NO5. The monoisotopic (exact) mass is 343 g/mol. The van der Waals surface area contributed by atoms with Gasteiger partial charge in [-0.2, -0.15) is 0 Å². The molecule has 2 rings (SSSR count). The molecule has 2 aromatic rings. The standard InChI is InChI=1S/C19H21NO5/c20-16(18(21)22)12-17(19(23)24)25-15-10-8-14(9-11-15)7-6-13-4-2-1-3-5-13/h1-5,8-11,16-17H,6-7,12,20H2,(H,21,22)(H,23,24). The molecule has 0 spiro atoms. The van der Waals surface area contributed by atoms with E-state index in [9.17, 15) is 9.59 Å². The molecule has 0 heterocycles. The van der Waals surface area contributed by atoms with Gasteiger partial charge >= 0.3 is 11.9 Å². The van der Waals surface area contributed by atoms with E-state index in [1.807, 2.05) is 30.3 Å². The Balaban J connectivity index is 1.93. The maximum absolute atomic E-state index is 11.2. The second-order valence-electron chi connectivity index (χ2n) is 5.75. The third kappa shape index (κ3) is 5.93. The fourth-order valence-corrected chi connectivity index (χ4v) is 2.36. The van der Waals surface area contributed by atoms with E-state index in [0.29, 0.717) is 5.75 Å². The Morgan fingerprint density at radius 1 is 0.880 bits per heavy atom. The van der Waals surface area contributed by atoms with Crippen LogP contribution in [0.2, 0.25) is 0 Å². The van der Waals surface area contributed by atoms with E-state index in [2.05, 4.69) is 12.1 Å². The topological polar surface area (TPSA) is 110 Å². The molecule has 0 aromatic heterocycles. The molecule has 0 aliphatic rings. The van der Waals surface area contributed by atoms with Crippen LogP contribution in [0.15, 0.2) is 54.6 Å². The molecule has 2 aromatic carbocycles. The average Bonchev–Trinajstić information content (AvgIpc) is 2.61. The van der Waals surface area contributed by atoms with E-state index in [1.54, 1.807) is 12.1 Å². The Morgan fingerprint density at radius 2 is 1.44 bits per heavy atom. The lowest BCUT2D eigenvalue weighted by molar-refractivity contribution is -0.146. The molecule has 6 nitrogen and oxygen atoms in total. The molecule has 0 saturated carbocycles. The lowest BCUT2D eigenvalue weighted by atomic mass is 10.0. The number of hydrogen-bond acceptors (Lipinski definition) is 4. The van der Waals surface area contributed by atoms with Gasteiger partial charge in [0.2, 0.25) is 0 Å². The van der Waals surface area contributed by atoms with Gasteiger partial charge < -0.3 is 20.7 Å². The molecule has 0 saturated heterocycles. The number of rotatable bonds is 9. The molecule has 0 bridgehead atoms. The Morgan fingerprint density at radius 3 is 1.96 bits per heavy atom. The van der Waals surface area contributed by atoms with Crippen LogP contribution in [-0.2, 0) is 22.4 Å². The largest absolute Gasteiger partial charge is 0.480 e. The minimum atomic E-state index is -1.30. The van der Waals surface area contributed by atoms with Crippen LogP contribution in [0.4, 0.5) is 0 Å². The third-order valence-electron chi connectivity index (χ3n) is 3.81. The molecule has 0 fully saturated rings. The minimum Gasteiger partial charge on any atom is -0.480 e. The number of carboxylic acid groups (broad SMARTS) is 2. The third-order valence-corrected chi connectivity index (χ3v) is 3.81. The van der Waals surface area contributed by atoms with Crippen molar-refractivity contribution in [2.24, 2.45) is 5.73 Å². The summed E-state index contributed by atoms with van der Waals surface area (Å²) in [5.74, 6) is -2.13. The highest BCUT2D eigenvalue weighted by molar-refractivity contribution is 5.77. The first-order valence-corrected chi connectivity index (χ1v) is 7.96. The summed E-state index contributed by atoms with van der Waals surface area (Å²) in [4.78, 5) is 22.0. The van der Waals surface area contributed by atoms with Gasteiger partial charge in [0.25, 0.3) is 0 Å². The van der Waals surface area contributed by atoms with Gasteiger partial charge in [-0.3, -0.25) is 4.79 Å². The van der Waals surface area contributed by atoms with Gasteiger partial charge in [0.1, 0.15) is 11.8 Å². The number of nitrogens with two attached hydrogens (primary N) is 1. The zero-order valence-corrected chi connectivity index (χ0v) is 13.7. The maximum atomic E-state index is 11.2. The molecule has 0 aliphatic carbocycles. The zero-order valence-electron chi connectivity index (χ0n) is 13.7. The van der Waals surface area contributed by atoms with Gasteiger partial charge in [0.05, 0.1) is 0 Å². The molecule has 132 valence electrons. The Labute approximate surface area is 145 Å². The molecule has 2 atom stereocenters. The predicted octanol–water partition coefficient (Wildman–Crippen LogP) is 2.11. The minimum absolute atomic E-state index is 0.305. The van der Waals surface area contributed by atoms with Gasteiger partial charge in [0, 0.05) is 6.42 Å². The van der Waals surface area contributed by atoms with Gasteiger partial charge in [-0.1, -0.05) is 42.5 Å². The van der Waals surface area contributed by atoms with Crippen LogP contribution in [-0.4, -0.2) is 34.3 Å². The first-order chi connectivity index (χ1) is 12.0. The SMILES string of the molecule is NC(CC(Oc1ccc(CCc2ccccc2)cc1)C(=O)O)C(=O)O. The highest BCUT2D eigenvalue weighted by Crippen LogP contribution is 2.17. The van der Waals surface area contributed by atoms with E-state index in [0.717, 1.165) is 18.4 Å². The van der Waals surface area contributed by atoms with E-state index in [1.165, 1.54) is 5.56 Å². The number of carboxylic acids is 2. The number of ether oxygens (including phenoxy) is 1. The van der Waals surface area contributed by atoms with Crippen molar-refractivity contribution in [3.05, 3.63) is 65.7 Å². The quantitative estimate of drug-likeness (QED) is 0.643. The van der Waals surface area contributed by atoms with Crippen molar-refractivity contribution in [3.63, 3.8) is 0 Å². The van der Waals surface area contributed by atoms with Gasteiger partial charge in [-0.25, -0.2) is 4.79 Å². The second kappa shape index (κ2) is 8.84. The summed E-state index contributed by atoms with van der Waals surface area (Å²) in [6.45, 7) is 0. The summed E-state index contributed by atoms with van der Waals surface area (Å²) in [5, 5.41) is 18.0. The lowest BCUT2D eigenvalue weighted by Gasteiger charge is -2.17. The van der Waals surface area contributed by atoms with Crippen molar-refractivity contribution in [1.82, 2.24) is 0 Å². The van der Waals surface area contributed by atoms with Crippen LogP contribution in [0, 0.1) is 0 Å². The Bertz CT molecular complexity index is 700. The Hall–Kier alpha value is -2.86. The summed E-state index contributed by atoms with van der Waals surface area (Å²) in [7, 11) is 0. The van der Waals surface area contributed by atoms with Crippen molar-refractivity contribution in [1.29, 1.82) is 0 Å². The van der Waals surface area contributed by atoms with Crippen LogP contribution in [0.3, 0.4) is 0 Å². The van der Waals surface area contributed by atoms with Crippen molar-refractivity contribution in [2.45, 2.75) is 31.4 Å². The Kier molecular flexibility index (Phi) is 6.54. The molecule has 25 heavy (non-hydrogen) atoms. The van der Waals surface area contributed by atoms with Crippen molar-refractivity contribution >= 4 is 11.9 Å². The molecule has 0 amide bonds. The first-order valence-electron chi connectivity index (χ1n) is 7.96. The van der Waals surface area contributed by atoms with E-state index in [-0.39, 0.29) is 6.42 Å². The summed E-state index contributed by atoms with van der Waals surface area (Å²) in [6.07, 6.45) is 0.157. The fourth-order valence-electron chi connectivity index (χ4n) is 2.36. The number of aryl methyl sites for hydroxylation is 2. The van der Waals surface area contributed by atoms with Crippen LogP contribution in [0.25, 0.3) is 0 Å². The summed E-state index contributed by atoms with van der Waals surface area (Å²) < 4.78 is 5.37. The average molecular weight is 343 g/mol. The summed E-state index contributed by atoms with van der Waals surface area (Å²) in [5.41, 5.74) is 7.73. The molecule has 0 radical (unpaired) electrons. The number of benzene rings is 2. The highest BCUT2D eigenvalue weighted by atomic mass is 16.5. The normalized spacial score (nSPS) is 13.0. The lowest BCUT2D eigenvalue weighted by Crippen LogP contribution is -2.39. The van der Waals surface area contributed by atoms with Gasteiger partial charge in [-0.05, 0) is 36.1 Å².